The summed E-state index contributed by atoms with van der Waals surface area (Å²) >= 11 is 1.56. The van der Waals surface area contributed by atoms with Gasteiger partial charge in [-0.05, 0) is 46.7 Å². The van der Waals surface area contributed by atoms with Gasteiger partial charge in [0.15, 0.2) is 0 Å². The van der Waals surface area contributed by atoms with Gasteiger partial charge >= 0.3 is 0 Å². The molecule has 0 unspecified atom stereocenters. The molecule has 2 atom stereocenters. The minimum atomic E-state index is -0.524. The molecule has 2 heterocycles. The quantitative estimate of drug-likeness (QED) is 0.524. The van der Waals surface area contributed by atoms with Gasteiger partial charge in [0.05, 0.1) is 18.6 Å². The van der Waals surface area contributed by atoms with E-state index in [0.717, 1.165) is 16.1 Å². The maximum atomic E-state index is 13.7. The van der Waals surface area contributed by atoms with E-state index in [0.29, 0.717) is 24.6 Å². The summed E-state index contributed by atoms with van der Waals surface area (Å²) in [4.78, 5) is 29.9. The van der Waals surface area contributed by atoms with Crippen LogP contribution in [-0.2, 0) is 9.53 Å². The molecule has 4 rings (SSSR count). The summed E-state index contributed by atoms with van der Waals surface area (Å²) in [6.07, 6.45) is 0. The number of amides is 2. The zero-order valence-electron chi connectivity index (χ0n) is 18.6. The number of nitrogens with zero attached hydrogens (tertiary/aromatic N) is 1. The standard InChI is InChI=1S/C26H28N2O3S/c1-17(2)18-10-12-19(13-11-18)27-25(29)23-20-7-4-5-8-21(20)26(30)28(14-15-31-3)24(23)22-9-6-16-32-22/h4-13,16-17,23-24H,14-15H2,1-3H3,(H,27,29)/t23-,24-/m0/s1. The summed E-state index contributed by atoms with van der Waals surface area (Å²) in [7, 11) is 1.62. The Morgan fingerprint density at radius 1 is 1.09 bits per heavy atom. The number of carbonyl (C=O) groups excluding carboxylic acids is 2. The highest BCUT2D eigenvalue weighted by Gasteiger charge is 2.44. The SMILES string of the molecule is COCCN1C(=O)c2ccccc2[C@H](C(=O)Nc2ccc(C(C)C)cc2)[C@@H]1c1cccs1. The van der Waals surface area contributed by atoms with Crippen LogP contribution in [0.25, 0.3) is 0 Å². The fourth-order valence-corrected chi connectivity index (χ4v) is 5.13. The Bertz CT molecular complexity index is 1080. The molecule has 0 radical (unpaired) electrons. The maximum absolute atomic E-state index is 13.7. The zero-order chi connectivity index (χ0) is 22.7. The number of fused-ring (bicyclic) bond motifs is 1. The molecule has 2 amide bonds. The fourth-order valence-electron chi connectivity index (χ4n) is 4.26. The number of nitrogens with one attached hydrogen (secondary N) is 1. The van der Waals surface area contributed by atoms with Crippen LogP contribution in [0.5, 0.6) is 0 Å². The van der Waals surface area contributed by atoms with E-state index >= 15 is 0 Å². The summed E-state index contributed by atoms with van der Waals surface area (Å²) in [6.45, 7) is 5.10. The van der Waals surface area contributed by atoms with Crippen LogP contribution >= 0.6 is 11.3 Å². The molecule has 0 saturated carbocycles. The second-order valence-corrected chi connectivity index (χ2v) is 9.26. The maximum Gasteiger partial charge on any atom is 0.254 e. The number of rotatable bonds is 7. The third-order valence-corrected chi connectivity index (χ3v) is 6.88. The first kappa shape index (κ1) is 22.2. The molecule has 0 bridgehead atoms. The highest BCUT2D eigenvalue weighted by Crippen LogP contribution is 2.44. The highest BCUT2D eigenvalue weighted by atomic mass is 32.1. The lowest BCUT2D eigenvalue weighted by atomic mass is 9.81. The number of benzene rings is 2. The third kappa shape index (κ3) is 4.33. The van der Waals surface area contributed by atoms with Crippen LogP contribution < -0.4 is 5.32 Å². The lowest BCUT2D eigenvalue weighted by molar-refractivity contribution is -0.119. The summed E-state index contributed by atoms with van der Waals surface area (Å²) in [5.74, 6) is -0.290. The molecule has 1 N–H and O–H groups in total. The van der Waals surface area contributed by atoms with E-state index in [1.165, 1.54) is 5.56 Å². The largest absolute Gasteiger partial charge is 0.383 e. The van der Waals surface area contributed by atoms with Gasteiger partial charge in [-0.25, -0.2) is 0 Å². The normalized spacial score (nSPS) is 18.0. The number of thiophene rings is 1. The van der Waals surface area contributed by atoms with Crippen molar-refractivity contribution in [2.45, 2.75) is 31.7 Å². The molecule has 1 aliphatic rings. The predicted octanol–water partition coefficient (Wildman–Crippen LogP) is 5.44. The first-order valence-electron chi connectivity index (χ1n) is 10.8. The van der Waals surface area contributed by atoms with E-state index in [1.807, 2.05) is 60.0 Å². The van der Waals surface area contributed by atoms with Gasteiger partial charge in [-0.2, -0.15) is 0 Å². The van der Waals surface area contributed by atoms with E-state index in [-0.39, 0.29) is 17.9 Å². The molecular formula is C26H28N2O3S. The van der Waals surface area contributed by atoms with Gasteiger partial charge in [0.2, 0.25) is 5.91 Å². The van der Waals surface area contributed by atoms with Crippen molar-refractivity contribution in [1.82, 2.24) is 4.90 Å². The Balaban J connectivity index is 1.74. The second-order valence-electron chi connectivity index (χ2n) is 8.28. The number of methoxy groups -OCH3 is 1. The van der Waals surface area contributed by atoms with Gasteiger partial charge < -0.3 is 15.0 Å². The molecule has 0 fully saturated rings. The Morgan fingerprint density at radius 3 is 2.50 bits per heavy atom. The van der Waals surface area contributed by atoms with Crippen LogP contribution in [0.1, 0.15) is 58.1 Å². The number of carbonyl (C=O) groups is 2. The van der Waals surface area contributed by atoms with Crippen LogP contribution in [0, 0.1) is 0 Å². The van der Waals surface area contributed by atoms with Crippen molar-refractivity contribution < 1.29 is 14.3 Å². The fraction of sp³-hybridized carbons (Fsp3) is 0.308. The summed E-state index contributed by atoms with van der Waals surface area (Å²) in [5, 5.41) is 5.08. The molecule has 32 heavy (non-hydrogen) atoms. The first-order chi connectivity index (χ1) is 15.5. The van der Waals surface area contributed by atoms with Crippen molar-refractivity contribution in [1.29, 1.82) is 0 Å². The van der Waals surface area contributed by atoms with Gasteiger partial charge in [0.1, 0.15) is 0 Å². The lowest BCUT2D eigenvalue weighted by Gasteiger charge is -2.41. The highest BCUT2D eigenvalue weighted by molar-refractivity contribution is 7.10. The predicted molar refractivity (Wildman–Crippen MR) is 128 cm³/mol. The van der Waals surface area contributed by atoms with Gasteiger partial charge in [-0.15, -0.1) is 11.3 Å². The summed E-state index contributed by atoms with van der Waals surface area (Å²) in [5.41, 5.74) is 3.31. The monoisotopic (exact) mass is 448 g/mol. The molecule has 166 valence electrons. The van der Waals surface area contributed by atoms with Crippen LogP contribution in [-0.4, -0.2) is 37.0 Å². The summed E-state index contributed by atoms with van der Waals surface area (Å²) in [6, 6.07) is 19.0. The summed E-state index contributed by atoms with van der Waals surface area (Å²) < 4.78 is 5.28. The number of hydrogen-bond donors (Lipinski definition) is 1. The van der Waals surface area contributed by atoms with Crippen molar-refractivity contribution >= 4 is 28.8 Å². The molecular weight excluding hydrogens is 420 g/mol. The van der Waals surface area contributed by atoms with Gasteiger partial charge in [0, 0.05) is 29.8 Å². The van der Waals surface area contributed by atoms with Crippen LogP contribution in [0.15, 0.2) is 66.0 Å². The molecule has 6 heteroatoms. The van der Waals surface area contributed by atoms with E-state index in [9.17, 15) is 9.59 Å². The van der Waals surface area contributed by atoms with E-state index in [1.54, 1.807) is 29.4 Å². The molecule has 0 saturated heterocycles. The van der Waals surface area contributed by atoms with Crippen molar-refractivity contribution in [2.24, 2.45) is 0 Å². The Morgan fingerprint density at radius 2 is 1.84 bits per heavy atom. The lowest BCUT2D eigenvalue weighted by Crippen LogP contribution is -2.47. The van der Waals surface area contributed by atoms with Crippen LogP contribution in [0.2, 0.25) is 0 Å². The number of hydrogen-bond acceptors (Lipinski definition) is 4. The molecule has 1 aliphatic heterocycles. The Hall–Kier alpha value is -2.96. The molecule has 5 nitrogen and oxygen atoms in total. The van der Waals surface area contributed by atoms with E-state index in [4.69, 9.17) is 4.74 Å². The first-order valence-corrected chi connectivity index (χ1v) is 11.7. The molecule has 0 spiro atoms. The third-order valence-electron chi connectivity index (χ3n) is 5.94. The molecule has 2 aromatic carbocycles. The van der Waals surface area contributed by atoms with Crippen molar-refractivity contribution in [3.05, 3.63) is 87.6 Å². The average Bonchev–Trinajstić information content (AvgIpc) is 3.33. The van der Waals surface area contributed by atoms with Gasteiger partial charge in [-0.3, -0.25) is 9.59 Å². The minimum Gasteiger partial charge on any atom is -0.383 e. The molecule has 0 aliphatic carbocycles. The van der Waals surface area contributed by atoms with Crippen LogP contribution in [0.4, 0.5) is 5.69 Å². The van der Waals surface area contributed by atoms with Crippen molar-refractivity contribution in [3.8, 4) is 0 Å². The van der Waals surface area contributed by atoms with E-state index in [2.05, 4.69) is 19.2 Å². The zero-order valence-corrected chi connectivity index (χ0v) is 19.4. The number of anilines is 1. The second kappa shape index (κ2) is 9.67. The Labute approximate surface area is 193 Å². The van der Waals surface area contributed by atoms with Gasteiger partial charge in [0.25, 0.3) is 5.91 Å². The van der Waals surface area contributed by atoms with Crippen LogP contribution in [0.3, 0.4) is 0 Å². The Kier molecular flexibility index (Phi) is 6.72. The minimum absolute atomic E-state index is 0.0682. The number of ether oxygens (including phenoxy) is 1. The van der Waals surface area contributed by atoms with E-state index < -0.39 is 5.92 Å². The topological polar surface area (TPSA) is 58.6 Å². The van der Waals surface area contributed by atoms with Gasteiger partial charge in [-0.1, -0.05) is 50.2 Å². The average molecular weight is 449 g/mol. The molecule has 1 aromatic heterocycles. The van der Waals surface area contributed by atoms with Crippen molar-refractivity contribution in [2.75, 3.05) is 25.6 Å². The van der Waals surface area contributed by atoms with Crippen molar-refractivity contribution in [3.63, 3.8) is 0 Å². The smallest absolute Gasteiger partial charge is 0.254 e. The molecule has 3 aromatic rings.